The van der Waals surface area contributed by atoms with Gasteiger partial charge in [0, 0.05) is 28.7 Å². The Kier molecular flexibility index (Phi) is 7.53. The van der Waals surface area contributed by atoms with Crippen molar-refractivity contribution < 1.29 is 4.79 Å². The van der Waals surface area contributed by atoms with Crippen LogP contribution in [0, 0.1) is 6.92 Å². The van der Waals surface area contributed by atoms with Crippen LogP contribution in [0.4, 0.5) is 5.69 Å². The number of hydrogen-bond donors (Lipinski definition) is 0. The molecule has 2 heterocycles. The maximum Gasteiger partial charge on any atom is 0.267 e. The summed E-state index contributed by atoms with van der Waals surface area (Å²) in [7, 11) is 0. The van der Waals surface area contributed by atoms with Gasteiger partial charge in [0.2, 0.25) is 0 Å². The summed E-state index contributed by atoms with van der Waals surface area (Å²) in [5, 5.41) is 2.83. The summed E-state index contributed by atoms with van der Waals surface area (Å²) in [6, 6.07) is 33.7. The van der Waals surface area contributed by atoms with Crippen molar-refractivity contribution in [1.82, 2.24) is 9.47 Å². The van der Waals surface area contributed by atoms with E-state index in [0.29, 0.717) is 33.2 Å². The second kappa shape index (κ2) is 11.4. The number of hydrogen-bond acceptors (Lipinski definition) is 3. The highest BCUT2D eigenvalue weighted by atomic mass is 35.5. The molecule has 198 valence electrons. The second-order valence-electron chi connectivity index (χ2n) is 9.57. The number of rotatable bonds is 6. The van der Waals surface area contributed by atoms with Crippen LogP contribution in [0.5, 0.6) is 0 Å². The quantitative estimate of drug-likeness (QED) is 0.187. The smallest absolute Gasteiger partial charge is 0.267 e. The first-order valence-corrected chi connectivity index (χ1v) is 14.5. The highest BCUT2D eigenvalue weighted by Gasteiger charge is 2.34. The summed E-state index contributed by atoms with van der Waals surface area (Å²) in [5.41, 5.74) is 6.09. The van der Waals surface area contributed by atoms with E-state index in [2.05, 4.69) is 23.6 Å². The minimum absolute atomic E-state index is 0.0516. The molecule has 0 N–H and O–H groups in total. The van der Waals surface area contributed by atoms with Crippen molar-refractivity contribution in [2.45, 2.75) is 20.0 Å². The summed E-state index contributed by atoms with van der Waals surface area (Å²) in [4.78, 5) is 21.1. The van der Waals surface area contributed by atoms with Crippen molar-refractivity contribution in [1.29, 1.82) is 0 Å². The van der Waals surface area contributed by atoms with Gasteiger partial charge in [-0.25, -0.2) is 4.99 Å². The zero-order chi connectivity index (χ0) is 27.6. The fourth-order valence-electron chi connectivity index (χ4n) is 4.91. The van der Waals surface area contributed by atoms with Crippen molar-refractivity contribution in [2.24, 2.45) is 4.99 Å². The van der Waals surface area contributed by atoms with Gasteiger partial charge in [-0.15, -0.1) is 0 Å². The van der Waals surface area contributed by atoms with Crippen molar-refractivity contribution >= 4 is 68.7 Å². The molecule has 1 aliphatic rings. The maximum atomic E-state index is 13.9. The Morgan fingerprint density at radius 1 is 0.800 bits per heavy atom. The Hall–Kier alpha value is -3.77. The van der Waals surface area contributed by atoms with E-state index in [4.69, 9.17) is 28.2 Å². The number of carbonyl (C=O) groups excluding carboxylic acids is 1. The van der Waals surface area contributed by atoms with Gasteiger partial charge in [-0.3, -0.25) is 9.69 Å². The van der Waals surface area contributed by atoms with E-state index in [0.717, 1.165) is 39.0 Å². The van der Waals surface area contributed by atoms with Crippen LogP contribution >= 0.6 is 35.0 Å². The predicted octanol–water partition coefficient (Wildman–Crippen LogP) is 9.11. The van der Waals surface area contributed by atoms with Crippen LogP contribution in [-0.2, 0) is 17.9 Å². The van der Waals surface area contributed by atoms with Crippen LogP contribution in [0.15, 0.2) is 113 Å². The number of amides is 1. The van der Waals surface area contributed by atoms with Gasteiger partial charge in [0.15, 0.2) is 5.17 Å². The minimum atomic E-state index is -0.0516. The average Bonchev–Trinajstić information content (AvgIpc) is 3.40. The van der Waals surface area contributed by atoms with Gasteiger partial charge in [0.05, 0.1) is 27.2 Å². The zero-order valence-corrected chi connectivity index (χ0v) is 24.0. The first-order valence-electron chi connectivity index (χ1n) is 12.9. The normalized spacial score (nSPS) is 15.6. The maximum absolute atomic E-state index is 13.9. The number of thioether (sulfide) groups is 1. The van der Waals surface area contributed by atoms with E-state index in [1.165, 1.54) is 11.8 Å². The van der Waals surface area contributed by atoms with Gasteiger partial charge >= 0.3 is 0 Å². The molecule has 40 heavy (non-hydrogen) atoms. The molecule has 1 saturated heterocycles. The van der Waals surface area contributed by atoms with Crippen LogP contribution < -0.4 is 0 Å². The lowest BCUT2D eigenvalue weighted by Gasteiger charge is -2.15. The molecule has 1 aromatic heterocycles. The number of halogens is 2. The van der Waals surface area contributed by atoms with E-state index < -0.39 is 0 Å². The van der Waals surface area contributed by atoms with E-state index in [1.54, 1.807) is 4.90 Å². The Balaban J connectivity index is 1.41. The van der Waals surface area contributed by atoms with E-state index in [-0.39, 0.29) is 5.91 Å². The largest absolute Gasteiger partial charge is 0.340 e. The number of nitrogens with zero attached hydrogens (tertiary/aromatic N) is 3. The van der Waals surface area contributed by atoms with Gasteiger partial charge in [0.25, 0.3) is 5.91 Å². The Labute approximate surface area is 247 Å². The molecular formula is C33H25Cl2N3OS. The molecule has 1 aliphatic heterocycles. The molecule has 0 aliphatic carbocycles. The van der Waals surface area contributed by atoms with Crippen LogP contribution in [-0.4, -0.2) is 20.5 Å². The molecule has 0 atom stereocenters. The number of carbonyl (C=O) groups is 1. The average molecular weight is 583 g/mol. The van der Waals surface area contributed by atoms with E-state index in [1.807, 2.05) is 97.1 Å². The summed E-state index contributed by atoms with van der Waals surface area (Å²) >= 11 is 13.9. The lowest BCUT2D eigenvalue weighted by molar-refractivity contribution is -0.122. The van der Waals surface area contributed by atoms with Crippen LogP contribution in [0.1, 0.15) is 22.4 Å². The SMILES string of the molecule is Cc1c(/C=C2/SC(=Nc3ccccc3)N(Cc3ccccc3)C2=O)c2ccccc2n1Cc1ccc(Cl)c(Cl)c1. The molecule has 7 heteroatoms. The lowest BCUT2D eigenvalue weighted by Crippen LogP contribution is -2.28. The third kappa shape index (κ3) is 5.33. The van der Waals surface area contributed by atoms with Gasteiger partial charge < -0.3 is 4.57 Å². The number of fused-ring (bicyclic) bond motifs is 1. The van der Waals surface area contributed by atoms with Crippen molar-refractivity contribution in [2.75, 3.05) is 0 Å². The molecule has 0 unspecified atom stereocenters. The third-order valence-electron chi connectivity index (χ3n) is 6.93. The second-order valence-corrected chi connectivity index (χ2v) is 11.4. The number of benzene rings is 4. The first-order chi connectivity index (χ1) is 19.5. The Morgan fingerprint density at radius 2 is 1.50 bits per heavy atom. The molecule has 4 aromatic carbocycles. The van der Waals surface area contributed by atoms with Gasteiger partial charge in [-0.1, -0.05) is 96.0 Å². The number of amidine groups is 1. The van der Waals surface area contributed by atoms with Crippen molar-refractivity contribution in [3.05, 3.63) is 140 Å². The molecule has 0 saturated carbocycles. The lowest BCUT2D eigenvalue weighted by atomic mass is 10.1. The van der Waals surface area contributed by atoms with Crippen molar-refractivity contribution in [3.63, 3.8) is 0 Å². The molecule has 1 fully saturated rings. The van der Waals surface area contributed by atoms with E-state index >= 15 is 0 Å². The van der Waals surface area contributed by atoms with Crippen LogP contribution in [0.25, 0.3) is 17.0 Å². The molecule has 0 bridgehead atoms. The molecule has 4 nitrogen and oxygen atoms in total. The summed E-state index contributed by atoms with van der Waals surface area (Å²) in [5.74, 6) is -0.0516. The number of aromatic nitrogens is 1. The number of aliphatic imine (C=N–C) groups is 1. The monoisotopic (exact) mass is 581 g/mol. The van der Waals surface area contributed by atoms with Gasteiger partial charge in [-0.2, -0.15) is 0 Å². The fraction of sp³-hybridized carbons (Fsp3) is 0.0909. The van der Waals surface area contributed by atoms with Crippen molar-refractivity contribution in [3.8, 4) is 0 Å². The standard InChI is InChI=1S/C33H25Cl2N3OS/c1-22-27(26-14-8-9-15-30(26)37(22)21-24-16-17-28(34)29(35)18-24)19-31-32(39)38(20-23-10-4-2-5-11-23)33(40-31)36-25-12-6-3-7-13-25/h2-19H,20-21H2,1H3/b31-19+,36-33?. The Morgan fingerprint density at radius 3 is 2.25 bits per heavy atom. The molecule has 6 rings (SSSR count). The summed E-state index contributed by atoms with van der Waals surface area (Å²) in [6.45, 7) is 3.18. The highest BCUT2D eigenvalue weighted by Crippen LogP contribution is 2.38. The molecular weight excluding hydrogens is 557 g/mol. The Bertz CT molecular complexity index is 1780. The predicted molar refractivity (Wildman–Crippen MR) is 168 cm³/mol. The summed E-state index contributed by atoms with van der Waals surface area (Å²) < 4.78 is 2.26. The van der Waals surface area contributed by atoms with Gasteiger partial charge in [-0.05, 0) is 66.2 Å². The topological polar surface area (TPSA) is 37.6 Å². The van der Waals surface area contributed by atoms with Gasteiger partial charge in [0.1, 0.15) is 0 Å². The summed E-state index contributed by atoms with van der Waals surface area (Å²) in [6.07, 6.45) is 2.02. The molecule has 0 spiro atoms. The van der Waals surface area contributed by atoms with E-state index in [9.17, 15) is 4.79 Å². The third-order valence-corrected chi connectivity index (χ3v) is 8.68. The van der Waals surface area contributed by atoms with Crippen LogP contribution in [0.2, 0.25) is 10.0 Å². The minimum Gasteiger partial charge on any atom is -0.340 e. The first kappa shape index (κ1) is 26.5. The van der Waals surface area contributed by atoms with Crippen LogP contribution in [0.3, 0.4) is 0 Å². The molecule has 5 aromatic rings. The highest BCUT2D eigenvalue weighted by molar-refractivity contribution is 8.18. The molecule has 1 amide bonds. The number of para-hydroxylation sites is 2. The zero-order valence-electron chi connectivity index (χ0n) is 21.7. The fourth-order valence-corrected chi connectivity index (χ4v) is 6.21. The molecule has 0 radical (unpaired) electrons.